The van der Waals surface area contributed by atoms with Gasteiger partial charge in [-0.25, -0.2) is 4.68 Å². The van der Waals surface area contributed by atoms with E-state index in [4.69, 9.17) is 9.47 Å². The maximum absolute atomic E-state index is 12.8. The predicted molar refractivity (Wildman–Crippen MR) is 119 cm³/mol. The molecule has 4 aromatic rings. The molecule has 0 saturated heterocycles. The van der Waals surface area contributed by atoms with Gasteiger partial charge in [0.2, 0.25) is 0 Å². The molecule has 0 fully saturated rings. The summed E-state index contributed by atoms with van der Waals surface area (Å²) in [6.07, 6.45) is 0. The summed E-state index contributed by atoms with van der Waals surface area (Å²) >= 11 is 0. The highest BCUT2D eigenvalue weighted by atomic mass is 16.5. The molecule has 0 radical (unpaired) electrons. The number of ether oxygens (including phenoxy) is 2. The summed E-state index contributed by atoms with van der Waals surface area (Å²) in [6, 6.07) is 24.2. The van der Waals surface area contributed by atoms with Crippen LogP contribution in [0, 0.1) is 0 Å². The van der Waals surface area contributed by atoms with E-state index in [-0.39, 0.29) is 12.5 Å². The highest BCUT2D eigenvalue weighted by Gasteiger charge is 2.10. The van der Waals surface area contributed by atoms with Crippen molar-refractivity contribution in [1.29, 1.82) is 0 Å². The number of hydrogen-bond donors (Lipinski definition) is 1. The molecule has 0 aliphatic rings. The van der Waals surface area contributed by atoms with Gasteiger partial charge in [-0.15, -0.1) is 5.10 Å². The van der Waals surface area contributed by atoms with Crippen LogP contribution in [0.2, 0.25) is 0 Å². The molecule has 0 bridgehead atoms. The third-order valence-corrected chi connectivity index (χ3v) is 4.70. The number of nitrogens with zero attached hydrogens (tertiary/aromatic N) is 4. The SMILES string of the molecule is CCn1nnnc1COc1cccc(C(=O)Nc2cccc(COc3ccccc3)c2)c1. The average molecular weight is 429 g/mol. The molecule has 0 unspecified atom stereocenters. The van der Waals surface area contributed by atoms with Crippen molar-refractivity contribution in [2.75, 3.05) is 5.32 Å². The van der Waals surface area contributed by atoms with Gasteiger partial charge in [0.1, 0.15) is 24.7 Å². The normalized spacial score (nSPS) is 10.5. The zero-order valence-corrected chi connectivity index (χ0v) is 17.6. The number of amides is 1. The summed E-state index contributed by atoms with van der Waals surface area (Å²) in [5, 5.41) is 14.4. The highest BCUT2D eigenvalue weighted by Crippen LogP contribution is 2.18. The molecule has 4 rings (SSSR count). The number of anilines is 1. The fraction of sp³-hybridized carbons (Fsp3) is 0.167. The first kappa shape index (κ1) is 21.0. The van der Waals surface area contributed by atoms with E-state index in [9.17, 15) is 4.79 Å². The van der Waals surface area contributed by atoms with E-state index in [0.717, 1.165) is 11.3 Å². The molecule has 0 spiro atoms. The van der Waals surface area contributed by atoms with Crippen LogP contribution in [-0.4, -0.2) is 26.1 Å². The summed E-state index contributed by atoms with van der Waals surface area (Å²) in [5.74, 6) is 1.76. The molecule has 0 aliphatic heterocycles. The third kappa shape index (κ3) is 5.48. The molecule has 0 saturated carbocycles. The Morgan fingerprint density at radius 2 is 1.69 bits per heavy atom. The lowest BCUT2D eigenvalue weighted by atomic mass is 10.1. The Balaban J connectivity index is 1.37. The van der Waals surface area contributed by atoms with E-state index in [0.29, 0.717) is 36.0 Å². The average Bonchev–Trinajstić information content (AvgIpc) is 3.30. The van der Waals surface area contributed by atoms with E-state index in [1.54, 1.807) is 28.9 Å². The van der Waals surface area contributed by atoms with E-state index >= 15 is 0 Å². The van der Waals surface area contributed by atoms with Gasteiger partial charge in [-0.3, -0.25) is 4.79 Å². The highest BCUT2D eigenvalue weighted by molar-refractivity contribution is 6.04. The number of carbonyl (C=O) groups excluding carboxylic acids is 1. The molecule has 1 amide bonds. The number of carbonyl (C=O) groups is 1. The lowest BCUT2D eigenvalue weighted by Gasteiger charge is -2.10. The van der Waals surface area contributed by atoms with Crippen LogP contribution in [0.5, 0.6) is 11.5 Å². The van der Waals surface area contributed by atoms with Gasteiger partial charge < -0.3 is 14.8 Å². The van der Waals surface area contributed by atoms with Crippen LogP contribution < -0.4 is 14.8 Å². The van der Waals surface area contributed by atoms with Crippen molar-refractivity contribution in [2.45, 2.75) is 26.7 Å². The fourth-order valence-electron chi connectivity index (χ4n) is 3.07. The molecule has 162 valence electrons. The van der Waals surface area contributed by atoms with Crippen LogP contribution in [0.4, 0.5) is 5.69 Å². The summed E-state index contributed by atoms with van der Waals surface area (Å²) in [5.41, 5.74) is 2.14. The van der Waals surface area contributed by atoms with Gasteiger partial charge in [-0.2, -0.15) is 0 Å². The summed E-state index contributed by atoms with van der Waals surface area (Å²) in [4.78, 5) is 12.8. The topological polar surface area (TPSA) is 91.2 Å². The maximum Gasteiger partial charge on any atom is 0.255 e. The number of hydrogen-bond acceptors (Lipinski definition) is 6. The van der Waals surface area contributed by atoms with E-state index in [1.807, 2.05) is 61.5 Å². The zero-order chi connectivity index (χ0) is 22.2. The Morgan fingerprint density at radius 1 is 0.906 bits per heavy atom. The quantitative estimate of drug-likeness (QED) is 0.431. The van der Waals surface area contributed by atoms with Crippen LogP contribution in [0.15, 0.2) is 78.9 Å². The first-order valence-electron chi connectivity index (χ1n) is 10.3. The molecular formula is C24H23N5O3. The fourth-order valence-corrected chi connectivity index (χ4v) is 3.07. The van der Waals surface area contributed by atoms with Gasteiger partial charge in [0, 0.05) is 17.8 Å². The standard InChI is InChI=1S/C24H23N5O3/c1-2-29-23(26-27-28-29)17-32-22-13-7-9-19(15-22)24(30)25-20-10-6-8-18(14-20)16-31-21-11-4-3-5-12-21/h3-15H,2,16-17H2,1H3,(H,25,30). The number of aryl methyl sites for hydroxylation is 1. The van der Waals surface area contributed by atoms with Crippen molar-refractivity contribution in [3.05, 3.63) is 95.8 Å². The minimum atomic E-state index is -0.227. The molecule has 8 heteroatoms. The predicted octanol–water partition coefficient (Wildman–Crippen LogP) is 4.10. The second-order valence-electron chi connectivity index (χ2n) is 6.98. The summed E-state index contributed by atoms with van der Waals surface area (Å²) < 4.78 is 13.2. The van der Waals surface area contributed by atoms with E-state index in [1.165, 1.54) is 0 Å². The van der Waals surface area contributed by atoms with Crippen LogP contribution in [-0.2, 0) is 19.8 Å². The van der Waals surface area contributed by atoms with Crippen LogP contribution >= 0.6 is 0 Å². The molecule has 3 aromatic carbocycles. The minimum Gasteiger partial charge on any atom is -0.489 e. The van der Waals surface area contributed by atoms with Gasteiger partial charge in [0.25, 0.3) is 5.91 Å². The molecule has 1 N–H and O–H groups in total. The monoisotopic (exact) mass is 429 g/mol. The van der Waals surface area contributed by atoms with E-state index in [2.05, 4.69) is 20.8 Å². The van der Waals surface area contributed by atoms with Crippen LogP contribution in [0.25, 0.3) is 0 Å². The zero-order valence-electron chi connectivity index (χ0n) is 17.6. The lowest BCUT2D eigenvalue weighted by molar-refractivity contribution is 0.102. The lowest BCUT2D eigenvalue weighted by Crippen LogP contribution is -2.12. The van der Waals surface area contributed by atoms with Crippen molar-refractivity contribution >= 4 is 11.6 Å². The number of benzene rings is 3. The molecule has 1 heterocycles. The smallest absolute Gasteiger partial charge is 0.255 e. The maximum atomic E-state index is 12.8. The van der Waals surface area contributed by atoms with Crippen molar-refractivity contribution in [1.82, 2.24) is 20.2 Å². The van der Waals surface area contributed by atoms with Crippen molar-refractivity contribution in [3.8, 4) is 11.5 Å². The minimum absolute atomic E-state index is 0.218. The van der Waals surface area contributed by atoms with Crippen molar-refractivity contribution < 1.29 is 14.3 Å². The van der Waals surface area contributed by atoms with Gasteiger partial charge in [0.15, 0.2) is 5.82 Å². The Morgan fingerprint density at radius 3 is 2.53 bits per heavy atom. The van der Waals surface area contributed by atoms with Crippen molar-refractivity contribution in [3.63, 3.8) is 0 Å². The Labute approximate surface area is 185 Å². The molecule has 8 nitrogen and oxygen atoms in total. The molecular weight excluding hydrogens is 406 g/mol. The van der Waals surface area contributed by atoms with Gasteiger partial charge in [-0.05, 0) is 65.4 Å². The van der Waals surface area contributed by atoms with Crippen molar-refractivity contribution in [2.24, 2.45) is 0 Å². The second kappa shape index (κ2) is 10.2. The Hall–Kier alpha value is -4.20. The van der Waals surface area contributed by atoms with Crippen LogP contribution in [0.1, 0.15) is 28.7 Å². The summed E-state index contributed by atoms with van der Waals surface area (Å²) in [6.45, 7) is 3.24. The Kier molecular flexibility index (Phi) is 6.72. The third-order valence-electron chi connectivity index (χ3n) is 4.70. The van der Waals surface area contributed by atoms with Gasteiger partial charge in [-0.1, -0.05) is 36.4 Å². The molecule has 0 aliphatic carbocycles. The van der Waals surface area contributed by atoms with E-state index < -0.39 is 0 Å². The largest absolute Gasteiger partial charge is 0.489 e. The Bertz CT molecular complexity index is 1180. The second-order valence-corrected chi connectivity index (χ2v) is 6.98. The number of aromatic nitrogens is 4. The number of tetrazole rings is 1. The number of para-hydroxylation sites is 1. The van der Waals surface area contributed by atoms with Crippen LogP contribution in [0.3, 0.4) is 0 Å². The summed E-state index contributed by atoms with van der Waals surface area (Å²) in [7, 11) is 0. The van der Waals surface area contributed by atoms with Gasteiger partial charge >= 0.3 is 0 Å². The number of nitrogens with one attached hydrogen (secondary N) is 1. The number of rotatable bonds is 9. The molecule has 1 aromatic heterocycles. The molecule has 32 heavy (non-hydrogen) atoms. The van der Waals surface area contributed by atoms with Gasteiger partial charge in [0.05, 0.1) is 0 Å². The first-order chi connectivity index (χ1) is 15.7. The molecule has 0 atom stereocenters. The first-order valence-corrected chi connectivity index (χ1v) is 10.3.